The summed E-state index contributed by atoms with van der Waals surface area (Å²) >= 11 is 1.57. The molecule has 2 atom stereocenters. The van der Waals surface area contributed by atoms with Crippen LogP contribution in [0.15, 0.2) is 66.0 Å². The van der Waals surface area contributed by atoms with Gasteiger partial charge < -0.3 is 15.0 Å². The number of fused-ring (bicyclic) bond motifs is 1. The fourth-order valence-electron chi connectivity index (χ4n) is 4.09. The second-order valence-electron chi connectivity index (χ2n) is 7.72. The third-order valence-electron chi connectivity index (χ3n) is 5.68. The number of ether oxygens (including phenoxy) is 1. The summed E-state index contributed by atoms with van der Waals surface area (Å²) in [6.45, 7) is 3.32. The molecule has 5 nitrogen and oxygen atoms in total. The van der Waals surface area contributed by atoms with E-state index in [9.17, 15) is 9.59 Å². The molecule has 2 amide bonds. The highest BCUT2D eigenvalue weighted by Gasteiger charge is 2.44. The van der Waals surface area contributed by atoms with Gasteiger partial charge in [0.05, 0.1) is 18.6 Å². The second-order valence-corrected chi connectivity index (χ2v) is 8.70. The summed E-state index contributed by atoms with van der Waals surface area (Å²) in [5, 5.41) is 5.09. The van der Waals surface area contributed by atoms with Crippen molar-refractivity contribution in [3.05, 3.63) is 93.2 Å². The Morgan fingerprint density at radius 1 is 1.10 bits per heavy atom. The molecule has 6 heteroatoms. The largest absolute Gasteiger partial charge is 0.383 e. The van der Waals surface area contributed by atoms with E-state index in [4.69, 9.17) is 4.74 Å². The summed E-state index contributed by atoms with van der Waals surface area (Å²) in [6, 6.07) is 19.2. The van der Waals surface area contributed by atoms with E-state index in [1.54, 1.807) is 23.3 Å². The van der Waals surface area contributed by atoms with Crippen molar-refractivity contribution in [1.29, 1.82) is 0 Å². The molecule has 3 aromatic rings. The number of carbonyl (C=O) groups excluding carboxylic acids is 2. The maximum absolute atomic E-state index is 13.6. The van der Waals surface area contributed by atoms with Crippen LogP contribution in [0.25, 0.3) is 0 Å². The summed E-state index contributed by atoms with van der Waals surface area (Å²) < 4.78 is 5.27. The van der Waals surface area contributed by atoms with Crippen LogP contribution < -0.4 is 5.32 Å². The lowest BCUT2D eigenvalue weighted by Gasteiger charge is -2.41. The smallest absolute Gasteiger partial charge is 0.254 e. The van der Waals surface area contributed by atoms with Gasteiger partial charge in [0.1, 0.15) is 0 Å². The molecule has 0 saturated heterocycles. The van der Waals surface area contributed by atoms with Crippen molar-refractivity contribution in [3.8, 4) is 0 Å². The third-order valence-corrected chi connectivity index (χ3v) is 6.62. The highest BCUT2D eigenvalue weighted by Crippen LogP contribution is 2.44. The molecule has 0 radical (unpaired) electrons. The zero-order valence-electron chi connectivity index (χ0n) is 17.7. The Labute approximate surface area is 186 Å². The minimum Gasteiger partial charge on any atom is -0.383 e. The molecule has 0 spiro atoms. The van der Waals surface area contributed by atoms with Gasteiger partial charge in [-0.25, -0.2) is 0 Å². The van der Waals surface area contributed by atoms with E-state index in [0.717, 1.165) is 16.0 Å². The average molecular weight is 435 g/mol. The topological polar surface area (TPSA) is 58.6 Å². The monoisotopic (exact) mass is 434 g/mol. The highest BCUT2D eigenvalue weighted by atomic mass is 32.1. The van der Waals surface area contributed by atoms with Crippen molar-refractivity contribution in [1.82, 2.24) is 10.2 Å². The Hall–Kier alpha value is -2.96. The highest BCUT2D eigenvalue weighted by molar-refractivity contribution is 7.10. The van der Waals surface area contributed by atoms with Crippen molar-refractivity contribution < 1.29 is 14.3 Å². The number of aryl methyl sites for hydroxylation is 1. The fraction of sp³-hybridized carbons (Fsp3) is 0.280. The van der Waals surface area contributed by atoms with Gasteiger partial charge in [-0.2, -0.15) is 0 Å². The summed E-state index contributed by atoms with van der Waals surface area (Å²) in [7, 11) is 1.62. The maximum Gasteiger partial charge on any atom is 0.254 e. The molecule has 1 aliphatic heterocycles. The Morgan fingerprint density at radius 2 is 1.87 bits per heavy atom. The van der Waals surface area contributed by atoms with Crippen LogP contribution in [0, 0.1) is 6.92 Å². The van der Waals surface area contributed by atoms with Crippen molar-refractivity contribution in [2.75, 3.05) is 20.3 Å². The minimum atomic E-state index is -0.491. The van der Waals surface area contributed by atoms with Gasteiger partial charge in [-0.15, -0.1) is 11.3 Å². The van der Waals surface area contributed by atoms with E-state index >= 15 is 0 Å². The number of hydrogen-bond acceptors (Lipinski definition) is 4. The Balaban J connectivity index is 1.70. The van der Waals surface area contributed by atoms with E-state index < -0.39 is 5.92 Å². The number of thiophene rings is 1. The van der Waals surface area contributed by atoms with Gasteiger partial charge >= 0.3 is 0 Å². The fourth-order valence-corrected chi connectivity index (χ4v) is 4.97. The zero-order chi connectivity index (χ0) is 21.8. The third kappa shape index (κ3) is 4.40. The lowest BCUT2D eigenvalue weighted by Crippen LogP contribution is -2.48. The number of benzene rings is 2. The first kappa shape index (κ1) is 21.3. The maximum atomic E-state index is 13.6. The quantitative estimate of drug-likeness (QED) is 0.603. The van der Waals surface area contributed by atoms with Crippen molar-refractivity contribution in [3.63, 3.8) is 0 Å². The molecule has 4 rings (SSSR count). The van der Waals surface area contributed by atoms with E-state index in [1.807, 2.05) is 73.0 Å². The van der Waals surface area contributed by atoms with Crippen LogP contribution in [0.5, 0.6) is 0 Å². The first-order valence-electron chi connectivity index (χ1n) is 10.4. The number of rotatable bonds is 7. The van der Waals surface area contributed by atoms with Crippen molar-refractivity contribution in [2.24, 2.45) is 0 Å². The van der Waals surface area contributed by atoms with Crippen molar-refractivity contribution in [2.45, 2.75) is 25.4 Å². The summed E-state index contributed by atoms with van der Waals surface area (Å²) in [5.41, 5.74) is 3.59. The number of methoxy groups -OCH3 is 1. The molecule has 2 unspecified atom stereocenters. The molecule has 2 aromatic carbocycles. The van der Waals surface area contributed by atoms with Gasteiger partial charge in [0.15, 0.2) is 0 Å². The minimum absolute atomic E-state index is 0.0614. The first-order valence-corrected chi connectivity index (χ1v) is 11.2. The molecule has 160 valence electrons. The van der Waals surface area contributed by atoms with Crippen LogP contribution in [0.3, 0.4) is 0 Å². The van der Waals surface area contributed by atoms with Crippen LogP contribution in [-0.4, -0.2) is 37.0 Å². The van der Waals surface area contributed by atoms with Gasteiger partial charge in [0, 0.05) is 30.6 Å². The van der Waals surface area contributed by atoms with Gasteiger partial charge in [0.25, 0.3) is 5.91 Å². The first-order chi connectivity index (χ1) is 15.1. The standard InChI is InChI=1S/C25H26N2O3S/c1-17-9-11-18(12-10-17)16-26-24(28)22-19-6-3-4-7-20(19)25(29)27(13-14-30-2)23(22)21-8-5-15-31-21/h3-12,15,22-23H,13-14,16H2,1-2H3,(H,26,28). The van der Waals surface area contributed by atoms with Gasteiger partial charge in [-0.1, -0.05) is 54.1 Å². The van der Waals surface area contributed by atoms with Gasteiger partial charge in [-0.3, -0.25) is 9.59 Å². The normalized spacial score (nSPS) is 18.0. The SMILES string of the molecule is COCCN1C(=O)c2ccccc2C(C(=O)NCc2ccc(C)cc2)C1c1cccs1. The number of amides is 2. The van der Waals surface area contributed by atoms with Gasteiger partial charge in [-0.05, 0) is 35.6 Å². The molecule has 0 saturated carbocycles. The molecule has 0 aliphatic carbocycles. The summed E-state index contributed by atoms with van der Waals surface area (Å²) in [5.74, 6) is -0.634. The summed E-state index contributed by atoms with van der Waals surface area (Å²) in [6.07, 6.45) is 0. The van der Waals surface area contributed by atoms with Crippen LogP contribution in [0.1, 0.15) is 43.9 Å². The molecule has 2 heterocycles. The molecule has 1 aromatic heterocycles. The Bertz CT molecular complexity index is 1050. The van der Waals surface area contributed by atoms with E-state index in [-0.39, 0.29) is 17.9 Å². The summed E-state index contributed by atoms with van der Waals surface area (Å²) in [4.78, 5) is 29.7. The van der Waals surface area contributed by atoms with Crippen molar-refractivity contribution >= 4 is 23.2 Å². The number of hydrogen-bond donors (Lipinski definition) is 1. The number of nitrogens with zero attached hydrogens (tertiary/aromatic N) is 1. The number of carbonyl (C=O) groups is 2. The van der Waals surface area contributed by atoms with E-state index in [0.29, 0.717) is 25.3 Å². The predicted molar refractivity (Wildman–Crippen MR) is 122 cm³/mol. The molecule has 31 heavy (non-hydrogen) atoms. The lowest BCUT2D eigenvalue weighted by molar-refractivity contribution is -0.124. The van der Waals surface area contributed by atoms with Crippen LogP contribution in [-0.2, 0) is 16.1 Å². The number of nitrogens with one attached hydrogen (secondary N) is 1. The lowest BCUT2D eigenvalue weighted by atomic mass is 9.81. The van der Waals surface area contributed by atoms with Crippen LogP contribution in [0.4, 0.5) is 0 Å². The average Bonchev–Trinajstić information content (AvgIpc) is 3.32. The second kappa shape index (κ2) is 9.45. The molecule has 0 fully saturated rings. The van der Waals surface area contributed by atoms with Gasteiger partial charge in [0.2, 0.25) is 5.91 Å². The molecular weight excluding hydrogens is 408 g/mol. The van der Waals surface area contributed by atoms with E-state index in [2.05, 4.69) is 5.32 Å². The molecule has 1 aliphatic rings. The molecule has 0 bridgehead atoms. The van der Waals surface area contributed by atoms with Crippen LogP contribution >= 0.6 is 11.3 Å². The predicted octanol–water partition coefficient (Wildman–Crippen LogP) is 4.30. The molecular formula is C25H26N2O3S. The Morgan fingerprint density at radius 3 is 2.58 bits per heavy atom. The zero-order valence-corrected chi connectivity index (χ0v) is 18.5. The Kier molecular flexibility index (Phi) is 6.49. The van der Waals surface area contributed by atoms with Crippen LogP contribution in [0.2, 0.25) is 0 Å². The molecule has 1 N–H and O–H groups in total. The van der Waals surface area contributed by atoms with E-state index in [1.165, 1.54) is 5.56 Å².